The maximum absolute atomic E-state index is 10.7. The first-order valence-corrected chi connectivity index (χ1v) is 7.46. The third kappa shape index (κ3) is 2.32. The average molecular weight is 263 g/mol. The highest BCUT2D eigenvalue weighted by Gasteiger charge is 2.42. The van der Waals surface area contributed by atoms with E-state index in [9.17, 15) is 10.4 Å². The first kappa shape index (κ1) is 13.6. The zero-order chi connectivity index (χ0) is 13.3. The average Bonchev–Trinajstić information content (AvgIpc) is 2.69. The summed E-state index contributed by atoms with van der Waals surface area (Å²) in [5.74, 6) is 0.684. The molecule has 1 fully saturated rings. The van der Waals surface area contributed by atoms with Crippen molar-refractivity contribution in [1.29, 1.82) is 5.26 Å². The molecule has 18 heavy (non-hydrogen) atoms. The number of aliphatic hydroxyl groups excluding tert-OH is 1. The van der Waals surface area contributed by atoms with Crippen LogP contribution in [0.25, 0.3) is 0 Å². The minimum absolute atomic E-state index is 0.565. The standard InChI is InChI=1S/C15H21NOS/c1-10-4-6-15(9-16,7-5-10)14(17)13-8-11(2)18-12(13)3/h8,10,14,17H,4-7H2,1-3H3. The Morgan fingerprint density at radius 2 is 2.06 bits per heavy atom. The van der Waals surface area contributed by atoms with Gasteiger partial charge in [-0.25, -0.2) is 0 Å². The Bertz CT molecular complexity index is 463. The number of hydrogen-bond acceptors (Lipinski definition) is 3. The highest BCUT2D eigenvalue weighted by atomic mass is 32.1. The second kappa shape index (κ2) is 5.03. The SMILES string of the molecule is Cc1cc(C(O)C2(C#N)CCC(C)CC2)c(C)s1. The van der Waals surface area contributed by atoms with E-state index in [4.69, 9.17) is 0 Å². The van der Waals surface area contributed by atoms with Gasteiger partial charge in [0.1, 0.15) is 0 Å². The molecule has 98 valence electrons. The van der Waals surface area contributed by atoms with E-state index in [0.717, 1.165) is 36.1 Å². The molecule has 0 radical (unpaired) electrons. The van der Waals surface area contributed by atoms with Crippen molar-refractivity contribution < 1.29 is 5.11 Å². The summed E-state index contributed by atoms with van der Waals surface area (Å²) in [5.41, 5.74) is 0.402. The van der Waals surface area contributed by atoms with E-state index >= 15 is 0 Å². The maximum atomic E-state index is 10.7. The van der Waals surface area contributed by atoms with Crippen molar-refractivity contribution >= 4 is 11.3 Å². The lowest BCUT2D eigenvalue weighted by Gasteiger charge is -2.37. The molecule has 0 saturated heterocycles. The van der Waals surface area contributed by atoms with Crippen LogP contribution in [-0.4, -0.2) is 5.11 Å². The number of rotatable bonds is 2. The van der Waals surface area contributed by atoms with Gasteiger partial charge < -0.3 is 5.11 Å². The van der Waals surface area contributed by atoms with E-state index in [1.807, 2.05) is 13.0 Å². The molecule has 0 aromatic carbocycles. The molecule has 1 heterocycles. The summed E-state index contributed by atoms with van der Waals surface area (Å²) in [4.78, 5) is 2.35. The largest absolute Gasteiger partial charge is 0.387 e. The molecule has 0 aliphatic heterocycles. The third-order valence-electron chi connectivity index (χ3n) is 4.29. The Labute approximate surface area is 113 Å². The molecule has 0 bridgehead atoms. The Kier molecular flexibility index (Phi) is 3.79. The van der Waals surface area contributed by atoms with Gasteiger partial charge in [-0.3, -0.25) is 0 Å². The zero-order valence-electron chi connectivity index (χ0n) is 11.4. The Morgan fingerprint density at radius 3 is 2.50 bits per heavy atom. The number of nitriles is 1. The van der Waals surface area contributed by atoms with Crippen molar-refractivity contribution in [3.8, 4) is 6.07 Å². The molecule has 1 saturated carbocycles. The highest BCUT2D eigenvalue weighted by molar-refractivity contribution is 7.12. The molecule has 1 aliphatic rings. The van der Waals surface area contributed by atoms with Crippen LogP contribution in [0.15, 0.2) is 6.07 Å². The molecule has 2 nitrogen and oxygen atoms in total. The van der Waals surface area contributed by atoms with E-state index in [1.54, 1.807) is 11.3 Å². The van der Waals surface area contributed by atoms with Crippen LogP contribution in [0.4, 0.5) is 0 Å². The second-order valence-corrected chi connectivity index (χ2v) is 7.18. The number of aryl methyl sites for hydroxylation is 2. The predicted octanol–water partition coefficient (Wildman–Crippen LogP) is 4.12. The summed E-state index contributed by atoms with van der Waals surface area (Å²) in [5, 5.41) is 20.2. The molecule has 0 amide bonds. The molecule has 1 unspecified atom stereocenters. The number of aliphatic hydroxyl groups is 1. The Hall–Kier alpha value is -0.850. The van der Waals surface area contributed by atoms with Crippen LogP contribution in [0.5, 0.6) is 0 Å². The molecule has 1 aromatic heterocycles. The van der Waals surface area contributed by atoms with Gasteiger partial charge in [-0.15, -0.1) is 11.3 Å². The van der Waals surface area contributed by atoms with Crippen molar-refractivity contribution in [1.82, 2.24) is 0 Å². The van der Waals surface area contributed by atoms with Crippen molar-refractivity contribution in [2.45, 2.75) is 52.6 Å². The topological polar surface area (TPSA) is 44.0 Å². The summed E-state index contributed by atoms with van der Waals surface area (Å²) in [6, 6.07) is 4.47. The van der Waals surface area contributed by atoms with E-state index in [1.165, 1.54) is 4.88 Å². The second-order valence-electron chi connectivity index (χ2n) is 5.72. The van der Waals surface area contributed by atoms with Crippen molar-refractivity contribution in [2.24, 2.45) is 11.3 Å². The summed E-state index contributed by atoms with van der Waals surface area (Å²) in [6.07, 6.45) is 3.11. The van der Waals surface area contributed by atoms with Gasteiger partial charge in [0.25, 0.3) is 0 Å². The fourth-order valence-electron chi connectivity index (χ4n) is 2.94. The molecule has 3 heteroatoms. The normalized spacial score (nSPS) is 29.8. The van der Waals surface area contributed by atoms with Crippen LogP contribution in [0.1, 0.15) is 54.0 Å². The van der Waals surface area contributed by atoms with Crippen LogP contribution in [0.3, 0.4) is 0 Å². The molecular formula is C15H21NOS. The smallest absolute Gasteiger partial charge is 0.0987 e. The minimum Gasteiger partial charge on any atom is -0.387 e. The first-order valence-electron chi connectivity index (χ1n) is 6.65. The quantitative estimate of drug-likeness (QED) is 0.872. The van der Waals surface area contributed by atoms with E-state index in [0.29, 0.717) is 5.92 Å². The molecule has 2 rings (SSSR count). The molecule has 0 spiro atoms. The third-order valence-corrected chi connectivity index (χ3v) is 5.27. The lowest BCUT2D eigenvalue weighted by Crippen LogP contribution is -2.32. The Morgan fingerprint density at radius 1 is 1.44 bits per heavy atom. The van der Waals surface area contributed by atoms with E-state index in [-0.39, 0.29) is 0 Å². The number of thiophene rings is 1. The van der Waals surface area contributed by atoms with Gasteiger partial charge in [0.2, 0.25) is 0 Å². The molecular weight excluding hydrogens is 242 g/mol. The summed E-state index contributed by atoms with van der Waals surface area (Å²) >= 11 is 1.70. The fraction of sp³-hybridized carbons (Fsp3) is 0.667. The van der Waals surface area contributed by atoms with Crippen LogP contribution in [0.2, 0.25) is 0 Å². The maximum Gasteiger partial charge on any atom is 0.0987 e. The summed E-state index contributed by atoms with van der Waals surface area (Å²) in [6.45, 7) is 6.32. The summed E-state index contributed by atoms with van der Waals surface area (Å²) in [7, 11) is 0. The Balaban J connectivity index is 2.28. The van der Waals surface area contributed by atoms with Crippen LogP contribution < -0.4 is 0 Å². The van der Waals surface area contributed by atoms with Gasteiger partial charge in [0.05, 0.1) is 17.6 Å². The van der Waals surface area contributed by atoms with Gasteiger partial charge in [0, 0.05) is 9.75 Å². The molecule has 1 aliphatic carbocycles. The predicted molar refractivity (Wildman–Crippen MR) is 74.4 cm³/mol. The van der Waals surface area contributed by atoms with Gasteiger partial charge in [-0.2, -0.15) is 5.26 Å². The molecule has 1 N–H and O–H groups in total. The summed E-state index contributed by atoms with van der Waals surface area (Å²) < 4.78 is 0. The van der Waals surface area contributed by atoms with Gasteiger partial charge in [-0.05, 0) is 57.1 Å². The van der Waals surface area contributed by atoms with E-state index in [2.05, 4.69) is 19.9 Å². The first-order chi connectivity index (χ1) is 8.48. The van der Waals surface area contributed by atoms with Crippen molar-refractivity contribution in [2.75, 3.05) is 0 Å². The van der Waals surface area contributed by atoms with Gasteiger partial charge in [-0.1, -0.05) is 6.92 Å². The van der Waals surface area contributed by atoms with Crippen LogP contribution in [-0.2, 0) is 0 Å². The number of hydrogen-bond donors (Lipinski definition) is 1. The lowest BCUT2D eigenvalue weighted by molar-refractivity contribution is 0.0265. The monoisotopic (exact) mass is 263 g/mol. The van der Waals surface area contributed by atoms with Crippen molar-refractivity contribution in [3.05, 3.63) is 21.4 Å². The number of nitrogens with zero attached hydrogens (tertiary/aromatic N) is 1. The van der Waals surface area contributed by atoms with Gasteiger partial charge in [0.15, 0.2) is 0 Å². The lowest BCUT2D eigenvalue weighted by atomic mass is 9.67. The van der Waals surface area contributed by atoms with Crippen LogP contribution >= 0.6 is 11.3 Å². The molecule has 1 aromatic rings. The highest BCUT2D eigenvalue weighted by Crippen LogP contribution is 2.48. The minimum atomic E-state index is -0.625. The van der Waals surface area contributed by atoms with Gasteiger partial charge >= 0.3 is 0 Å². The van der Waals surface area contributed by atoms with Crippen LogP contribution in [0, 0.1) is 36.5 Å². The van der Waals surface area contributed by atoms with Crippen molar-refractivity contribution in [3.63, 3.8) is 0 Å². The van der Waals surface area contributed by atoms with E-state index < -0.39 is 11.5 Å². The fourth-order valence-corrected chi connectivity index (χ4v) is 3.90. The molecule has 1 atom stereocenters. The zero-order valence-corrected chi connectivity index (χ0v) is 12.2.